The molecule has 0 radical (unpaired) electrons. The SMILES string of the molecule is Cc1cc(=O)n2[nH]c(Cl)cc2n1. The molecule has 0 saturated carbocycles. The third-order valence-electron chi connectivity index (χ3n) is 1.55. The van der Waals surface area contributed by atoms with Crippen LogP contribution in [0.5, 0.6) is 0 Å². The van der Waals surface area contributed by atoms with Crippen molar-refractivity contribution < 1.29 is 0 Å². The molecule has 0 amide bonds. The number of hydrogen-bond acceptors (Lipinski definition) is 2. The van der Waals surface area contributed by atoms with Gasteiger partial charge in [0.05, 0.1) is 0 Å². The van der Waals surface area contributed by atoms with Crippen LogP contribution in [0.1, 0.15) is 5.69 Å². The maximum Gasteiger partial charge on any atom is 0.272 e. The molecule has 4 nitrogen and oxygen atoms in total. The van der Waals surface area contributed by atoms with Crippen molar-refractivity contribution in [1.29, 1.82) is 0 Å². The summed E-state index contributed by atoms with van der Waals surface area (Å²) >= 11 is 5.65. The van der Waals surface area contributed by atoms with E-state index in [9.17, 15) is 4.79 Å². The summed E-state index contributed by atoms with van der Waals surface area (Å²) in [7, 11) is 0. The van der Waals surface area contributed by atoms with E-state index in [1.54, 1.807) is 13.0 Å². The van der Waals surface area contributed by atoms with Gasteiger partial charge in [0.15, 0.2) is 5.65 Å². The summed E-state index contributed by atoms with van der Waals surface area (Å²) in [4.78, 5) is 15.4. The monoisotopic (exact) mass is 183 g/mol. The van der Waals surface area contributed by atoms with Gasteiger partial charge < -0.3 is 0 Å². The molecule has 5 heteroatoms. The molecule has 1 N–H and O–H groups in total. The molecule has 62 valence electrons. The maximum absolute atomic E-state index is 11.2. The molecule has 0 unspecified atom stereocenters. The predicted octanol–water partition coefficient (Wildman–Crippen LogP) is 0.984. The summed E-state index contributed by atoms with van der Waals surface area (Å²) in [6, 6.07) is 3.05. The molecule has 2 aromatic heterocycles. The lowest BCUT2D eigenvalue weighted by Crippen LogP contribution is -2.14. The molecule has 2 rings (SSSR count). The van der Waals surface area contributed by atoms with Crippen molar-refractivity contribution in [1.82, 2.24) is 14.6 Å². The summed E-state index contributed by atoms with van der Waals surface area (Å²) < 4.78 is 1.30. The highest BCUT2D eigenvalue weighted by Crippen LogP contribution is 2.06. The van der Waals surface area contributed by atoms with Gasteiger partial charge in [-0.3, -0.25) is 9.89 Å². The van der Waals surface area contributed by atoms with Crippen molar-refractivity contribution in [3.8, 4) is 0 Å². The Hall–Kier alpha value is -1.29. The minimum Gasteiger partial charge on any atom is -0.279 e. The van der Waals surface area contributed by atoms with Crippen LogP contribution < -0.4 is 5.56 Å². The quantitative estimate of drug-likeness (QED) is 0.662. The van der Waals surface area contributed by atoms with Gasteiger partial charge in [-0.15, -0.1) is 0 Å². The summed E-state index contributed by atoms with van der Waals surface area (Å²) in [5.74, 6) is 0. The second-order valence-electron chi connectivity index (χ2n) is 2.53. The summed E-state index contributed by atoms with van der Waals surface area (Å²) in [6.45, 7) is 1.77. The number of H-pyrrole nitrogens is 1. The van der Waals surface area contributed by atoms with Gasteiger partial charge in [-0.1, -0.05) is 11.6 Å². The van der Waals surface area contributed by atoms with Crippen LogP contribution in [0.25, 0.3) is 5.65 Å². The van der Waals surface area contributed by atoms with Crippen molar-refractivity contribution in [3.05, 3.63) is 33.3 Å². The maximum atomic E-state index is 11.2. The molecule has 0 aliphatic carbocycles. The number of hydrogen-bond donors (Lipinski definition) is 1. The number of aromatic amines is 1. The average molecular weight is 184 g/mol. The van der Waals surface area contributed by atoms with Crippen LogP contribution in [0, 0.1) is 6.92 Å². The van der Waals surface area contributed by atoms with E-state index < -0.39 is 0 Å². The van der Waals surface area contributed by atoms with Crippen molar-refractivity contribution in [3.63, 3.8) is 0 Å². The largest absolute Gasteiger partial charge is 0.279 e. The molecule has 0 atom stereocenters. The smallest absolute Gasteiger partial charge is 0.272 e. The Morgan fingerprint density at radius 2 is 2.33 bits per heavy atom. The first-order valence-electron chi connectivity index (χ1n) is 3.42. The molecule has 2 aromatic rings. The van der Waals surface area contributed by atoms with Crippen molar-refractivity contribution in [2.45, 2.75) is 6.92 Å². The van der Waals surface area contributed by atoms with Crippen molar-refractivity contribution >= 4 is 17.2 Å². The molecular weight excluding hydrogens is 178 g/mol. The fourth-order valence-corrected chi connectivity index (χ4v) is 1.26. The van der Waals surface area contributed by atoms with E-state index in [4.69, 9.17) is 11.6 Å². The van der Waals surface area contributed by atoms with E-state index in [1.165, 1.54) is 10.6 Å². The van der Waals surface area contributed by atoms with Crippen LogP contribution >= 0.6 is 11.6 Å². The number of aryl methyl sites for hydroxylation is 1. The second kappa shape index (κ2) is 2.35. The van der Waals surface area contributed by atoms with E-state index in [2.05, 4.69) is 10.1 Å². The summed E-state index contributed by atoms with van der Waals surface area (Å²) in [5.41, 5.74) is 1.09. The molecule has 0 bridgehead atoms. The van der Waals surface area contributed by atoms with Gasteiger partial charge in [0, 0.05) is 17.8 Å². The zero-order valence-electron chi connectivity index (χ0n) is 6.34. The Morgan fingerprint density at radius 3 is 3.08 bits per heavy atom. The highest BCUT2D eigenvalue weighted by molar-refractivity contribution is 6.29. The molecule has 0 aliphatic heterocycles. The Kier molecular flexibility index (Phi) is 1.44. The third-order valence-corrected chi connectivity index (χ3v) is 1.74. The normalized spacial score (nSPS) is 10.8. The fraction of sp³-hybridized carbons (Fsp3) is 0.143. The van der Waals surface area contributed by atoms with E-state index in [0.717, 1.165) is 0 Å². The van der Waals surface area contributed by atoms with Crippen LogP contribution in [0.15, 0.2) is 16.9 Å². The number of nitrogens with zero attached hydrogens (tertiary/aromatic N) is 2. The van der Waals surface area contributed by atoms with Crippen LogP contribution in [-0.2, 0) is 0 Å². The first-order valence-corrected chi connectivity index (χ1v) is 3.79. The van der Waals surface area contributed by atoms with Gasteiger partial charge in [-0.05, 0) is 6.92 Å². The van der Waals surface area contributed by atoms with E-state index in [1.807, 2.05) is 0 Å². The van der Waals surface area contributed by atoms with Crippen LogP contribution in [0.2, 0.25) is 5.15 Å². The van der Waals surface area contributed by atoms with Crippen LogP contribution in [0.4, 0.5) is 0 Å². The topological polar surface area (TPSA) is 50.2 Å². The van der Waals surface area contributed by atoms with Gasteiger partial charge in [0.2, 0.25) is 0 Å². The molecule has 0 spiro atoms. The third kappa shape index (κ3) is 1.00. The summed E-state index contributed by atoms with van der Waals surface area (Å²) in [6.07, 6.45) is 0. The van der Waals surface area contributed by atoms with Crippen molar-refractivity contribution in [2.75, 3.05) is 0 Å². The van der Waals surface area contributed by atoms with Gasteiger partial charge in [-0.25, -0.2) is 9.50 Å². The lowest BCUT2D eigenvalue weighted by molar-refractivity contribution is 0.890. The van der Waals surface area contributed by atoms with E-state index in [0.29, 0.717) is 16.5 Å². The van der Waals surface area contributed by atoms with E-state index in [-0.39, 0.29) is 5.56 Å². The lowest BCUT2D eigenvalue weighted by atomic mass is 10.4. The number of halogens is 1. The fourth-order valence-electron chi connectivity index (χ4n) is 1.08. The number of rotatable bonds is 0. The predicted molar refractivity (Wildman–Crippen MR) is 45.6 cm³/mol. The zero-order valence-corrected chi connectivity index (χ0v) is 7.09. The number of fused-ring (bicyclic) bond motifs is 1. The van der Waals surface area contributed by atoms with Gasteiger partial charge in [-0.2, -0.15) is 0 Å². The highest BCUT2D eigenvalue weighted by atomic mass is 35.5. The second-order valence-corrected chi connectivity index (χ2v) is 2.94. The van der Waals surface area contributed by atoms with Gasteiger partial charge >= 0.3 is 0 Å². The Bertz CT molecular complexity index is 485. The first-order chi connectivity index (χ1) is 5.66. The highest BCUT2D eigenvalue weighted by Gasteiger charge is 2.01. The van der Waals surface area contributed by atoms with Crippen LogP contribution in [0.3, 0.4) is 0 Å². The molecule has 0 aromatic carbocycles. The lowest BCUT2D eigenvalue weighted by Gasteiger charge is -1.92. The molecule has 0 saturated heterocycles. The van der Waals surface area contributed by atoms with Gasteiger partial charge in [0.1, 0.15) is 5.15 Å². The standard InChI is InChI=1S/C7H6ClN3O/c1-4-2-7(12)11-6(9-4)3-5(8)10-11/h2-3,10H,1H3. The Balaban J connectivity index is 2.98. The van der Waals surface area contributed by atoms with Crippen LogP contribution in [-0.4, -0.2) is 14.6 Å². The molecule has 0 fully saturated rings. The van der Waals surface area contributed by atoms with Gasteiger partial charge in [0.25, 0.3) is 5.56 Å². The Morgan fingerprint density at radius 1 is 1.58 bits per heavy atom. The zero-order chi connectivity index (χ0) is 8.72. The summed E-state index contributed by atoms with van der Waals surface area (Å²) in [5, 5.41) is 3.07. The minimum atomic E-state index is -0.149. The molecule has 0 aliphatic rings. The van der Waals surface area contributed by atoms with E-state index >= 15 is 0 Å². The number of aromatic nitrogens is 3. The minimum absolute atomic E-state index is 0.149. The molecule has 2 heterocycles. The molecule has 12 heavy (non-hydrogen) atoms. The Labute approximate surface area is 72.8 Å². The first kappa shape index (κ1) is 7.36. The molecular formula is C7H6ClN3O. The van der Waals surface area contributed by atoms with Crippen molar-refractivity contribution in [2.24, 2.45) is 0 Å². The average Bonchev–Trinajstić information content (AvgIpc) is 2.29. The number of nitrogens with one attached hydrogen (secondary N) is 1.